The second-order valence-electron chi connectivity index (χ2n) is 5.56. The monoisotopic (exact) mass is 306 g/mol. The molecule has 0 spiro atoms. The molecule has 1 aliphatic carbocycles. The number of thiocarbonyl (C=S) groups is 1. The van der Waals surface area contributed by atoms with Gasteiger partial charge in [-0.05, 0) is 44.2 Å². The van der Waals surface area contributed by atoms with Crippen molar-refractivity contribution in [1.29, 1.82) is 0 Å². The van der Waals surface area contributed by atoms with Gasteiger partial charge in [0, 0.05) is 24.3 Å². The highest BCUT2D eigenvalue weighted by Gasteiger charge is 2.31. The number of rotatable bonds is 6. The van der Waals surface area contributed by atoms with Gasteiger partial charge in [-0.1, -0.05) is 24.4 Å². The van der Waals surface area contributed by atoms with Crippen LogP contribution in [0.3, 0.4) is 0 Å². The molecule has 114 valence electrons. The van der Waals surface area contributed by atoms with Crippen LogP contribution in [0.15, 0.2) is 18.2 Å². The summed E-state index contributed by atoms with van der Waals surface area (Å²) < 4.78 is 5.51. The molecule has 4 nitrogen and oxygen atoms in total. The van der Waals surface area contributed by atoms with Gasteiger partial charge < -0.3 is 15.8 Å². The van der Waals surface area contributed by atoms with Crippen LogP contribution in [0.2, 0.25) is 0 Å². The Bertz CT molecular complexity index is 539. The van der Waals surface area contributed by atoms with Gasteiger partial charge in [0.25, 0.3) is 0 Å². The smallest absolute Gasteiger partial charge is 0.224 e. The van der Waals surface area contributed by atoms with Gasteiger partial charge in [-0.25, -0.2) is 0 Å². The third-order valence-electron chi connectivity index (χ3n) is 3.87. The first-order valence-electron chi connectivity index (χ1n) is 7.31. The van der Waals surface area contributed by atoms with E-state index in [1.807, 2.05) is 32.0 Å². The lowest BCUT2D eigenvalue weighted by atomic mass is 9.80. The Kier molecular flexibility index (Phi) is 5.31. The molecule has 0 unspecified atom stereocenters. The van der Waals surface area contributed by atoms with E-state index >= 15 is 0 Å². The lowest BCUT2D eigenvalue weighted by Gasteiger charge is -2.34. The number of carbonyl (C=O) groups is 1. The van der Waals surface area contributed by atoms with Crippen molar-refractivity contribution in [3.63, 3.8) is 0 Å². The zero-order valence-electron chi connectivity index (χ0n) is 12.5. The van der Waals surface area contributed by atoms with Crippen LogP contribution in [0.4, 0.5) is 5.69 Å². The van der Waals surface area contributed by atoms with Crippen molar-refractivity contribution in [3.05, 3.63) is 29.3 Å². The molecule has 3 N–H and O–H groups in total. The summed E-state index contributed by atoms with van der Waals surface area (Å²) in [6.45, 7) is 4.69. The molecule has 0 bridgehead atoms. The van der Waals surface area contributed by atoms with Crippen LogP contribution >= 0.6 is 12.2 Å². The fourth-order valence-electron chi connectivity index (χ4n) is 2.59. The first-order valence-corrected chi connectivity index (χ1v) is 7.72. The number of nitrogens with one attached hydrogen (secondary N) is 1. The van der Waals surface area contributed by atoms with Crippen LogP contribution in [0.5, 0.6) is 0 Å². The first-order chi connectivity index (χ1) is 9.99. The molecule has 21 heavy (non-hydrogen) atoms. The normalized spacial score (nSPS) is 20.7. The molecule has 0 aliphatic heterocycles. The van der Waals surface area contributed by atoms with Crippen molar-refractivity contribution >= 4 is 28.8 Å². The van der Waals surface area contributed by atoms with E-state index in [0.717, 1.165) is 36.3 Å². The maximum Gasteiger partial charge on any atom is 0.224 e. The molecule has 0 atom stereocenters. The maximum atomic E-state index is 12.1. The van der Waals surface area contributed by atoms with E-state index in [1.165, 1.54) is 0 Å². The number of hydrogen-bond donors (Lipinski definition) is 2. The van der Waals surface area contributed by atoms with Crippen LogP contribution in [0.1, 0.15) is 37.3 Å². The van der Waals surface area contributed by atoms with Crippen molar-refractivity contribution < 1.29 is 9.53 Å². The Morgan fingerprint density at radius 2 is 2.19 bits per heavy atom. The van der Waals surface area contributed by atoms with Gasteiger partial charge in [-0.2, -0.15) is 0 Å². The summed E-state index contributed by atoms with van der Waals surface area (Å²) in [6.07, 6.45) is 2.84. The van der Waals surface area contributed by atoms with E-state index in [-0.39, 0.29) is 5.91 Å². The van der Waals surface area contributed by atoms with Gasteiger partial charge in [0.05, 0.1) is 6.10 Å². The summed E-state index contributed by atoms with van der Waals surface area (Å²) in [5, 5.41) is 2.96. The van der Waals surface area contributed by atoms with E-state index in [4.69, 9.17) is 22.7 Å². The third-order valence-corrected chi connectivity index (χ3v) is 4.10. The Morgan fingerprint density at radius 3 is 2.81 bits per heavy atom. The number of aryl methyl sites for hydroxylation is 1. The van der Waals surface area contributed by atoms with Gasteiger partial charge in [-0.3, -0.25) is 4.79 Å². The average Bonchev–Trinajstić information content (AvgIpc) is 2.38. The Labute approximate surface area is 131 Å². The van der Waals surface area contributed by atoms with Crippen LogP contribution in [-0.4, -0.2) is 23.6 Å². The minimum Gasteiger partial charge on any atom is -0.389 e. The summed E-state index contributed by atoms with van der Waals surface area (Å²) in [6, 6.07) is 5.61. The summed E-state index contributed by atoms with van der Waals surface area (Å²) in [4.78, 5) is 12.4. The highest BCUT2D eigenvalue weighted by atomic mass is 32.1. The lowest BCUT2D eigenvalue weighted by molar-refractivity contribution is -0.119. The van der Waals surface area contributed by atoms with Crippen molar-refractivity contribution in [1.82, 2.24) is 0 Å². The molecule has 2 rings (SSSR count). The molecule has 5 heteroatoms. The van der Waals surface area contributed by atoms with Gasteiger partial charge in [0.15, 0.2) is 0 Å². The Hall–Kier alpha value is -1.46. The number of amides is 1. The van der Waals surface area contributed by atoms with Crippen molar-refractivity contribution in [2.75, 3.05) is 11.9 Å². The van der Waals surface area contributed by atoms with E-state index in [1.54, 1.807) is 0 Å². The molecule has 1 aliphatic rings. The molecule has 0 radical (unpaired) electrons. The number of ether oxygens (including phenoxy) is 1. The van der Waals surface area contributed by atoms with Crippen LogP contribution in [-0.2, 0) is 9.53 Å². The van der Waals surface area contributed by atoms with E-state index in [2.05, 4.69) is 5.32 Å². The standard InChI is InChI=1S/C16H22N2O2S/c1-3-20-13-6-11(7-13)8-15(19)18-14-9-12(16(17)21)5-4-10(14)2/h4-5,9,11,13H,3,6-8H2,1-2H3,(H2,17,21)(H,18,19). The predicted octanol–water partition coefficient (Wildman–Crippen LogP) is 2.77. The highest BCUT2D eigenvalue weighted by molar-refractivity contribution is 7.80. The zero-order valence-corrected chi connectivity index (χ0v) is 13.3. The molecule has 0 heterocycles. The summed E-state index contributed by atoms with van der Waals surface area (Å²) in [7, 11) is 0. The molecule has 1 amide bonds. The van der Waals surface area contributed by atoms with Gasteiger partial charge >= 0.3 is 0 Å². The minimum atomic E-state index is 0.0399. The molecular weight excluding hydrogens is 284 g/mol. The summed E-state index contributed by atoms with van der Waals surface area (Å²) in [5.74, 6) is 0.471. The highest BCUT2D eigenvalue weighted by Crippen LogP contribution is 2.33. The fraction of sp³-hybridized carbons (Fsp3) is 0.500. The number of anilines is 1. The van der Waals surface area contributed by atoms with E-state index in [0.29, 0.717) is 23.4 Å². The van der Waals surface area contributed by atoms with Gasteiger partial charge in [0.2, 0.25) is 5.91 Å². The van der Waals surface area contributed by atoms with Crippen molar-refractivity contribution in [2.45, 2.75) is 39.2 Å². The zero-order chi connectivity index (χ0) is 15.4. The van der Waals surface area contributed by atoms with Gasteiger partial charge in [0.1, 0.15) is 4.99 Å². The lowest BCUT2D eigenvalue weighted by Crippen LogP contribution is -2.34. The largest absolute Gasteiger partial charge is 0.389 e. The number of benzene rings is 1. The van der Waals surface area contributed by atoms with Crippen LogP contribution in [0, 0.1) is 12.8 Å². The SMILES string of the molecule is CCOC1CC(CC(=O)Nc2cc(C(N)=S)ccc2C)C1. The second kappa shape index (κ2) is 7.00. The second-order valence-corrected chi connectivity index (χ2v) is 6.00. The molecule has 1 fully saturated rings. The average molecular weight is 306 g/mol. The third kappa shape index (κ3) is 4.25. The summed E-state index contributed by atoms with van der Waals surface area (Å²) in [5.41, 5.74) is 8.18. The van der Waals surface area contributed by atoms with Gasteiger partial charge in [-0.15, -0.1) is 0 Å². The van der Waals surface area contributed by atoms with Crippen molar-refractivity contribution in [3.8, 4) is 0 Å². The first kappa shape index (κ1) is 15.9. The quantitative estimate of drug-likeness (QED) is 0.793. The molecule has 0 aromatic heterocycles. The number of nitrogens with two attached hydrogens (primary N) is 1. The number of carbonyl (C=O) groups excluding carboxylic acids is 1. The predicted molar refractivity (Wildman–Crippen MR) is 88.5 cm³/mol. The van der Waals surface area contributed by atoms with E-state index in [9.17, 15) is 4.79 Å². The molecule has 1 aromatic rings. The van der Waals surface area contributed by atoms with Crippen molar-refractivity contribution in [2.24, 2.45) is 11.7 Å². The topological polar surface area (TPSA) is 64.3 Å². The Morgan fingerprint density at radius 1 is 1.48 bits per heavy atom. The molecule has 1 aromatic carbocycles. The van der Waals surface area contributed by atoms with E-state index < -0.39 is 0 Å². The maximum absolute atomic E-state index is 12.1. The molecule has 0 saturated heterocycles. The van der Waals surface area contributed by atoms with Crippen LogP contribution < -0.4 is 11.1 Å². The number of hydrogen-bond acceptors (Lipinski definition) is 3. The molecular formula is C16H22N2O2S. The Balaban J connectivity index is 1.88. The minimum absolute atomic E-state index is 0.0399. The fourth-order valence-corrected chi connectivity index (χ4v) is 2.71. The van der Waals surface area contributed by atoms with Crippen LogP contribution in [0.25, 0.3) is 0 Å². The summed E-state index contributed by atoms with van der Waals surface area (Å²) >= 11 is 4.97. The molecule has 1 saturated carbocycles.